The van der Waals surface area contributed by atoms with Crippen molar-refractivity contribution in [1.29, 1.82) is 0 Å². The van der Waals surface area contributed by atoms with Gasteiger partial charge in [-0.25, -0.2) is 0 Å². The van der Waals surface area contributed by atoms with Gasteiger partial charge >= 0.3 is 0 Å². The van der Waals surface area contributed by atoms with Gasteiger partial charge in [0, 0.05) is 24.3 Å². The van der Waals surface area contributed by atoms with E-state index in [0.717, 1.165) is 16.7 Å². The van der Waals surface area contributed by atoms with Crippen LogP contribution in [-0.4, -0.2) is 65.7 Å². The van der Waals surface area contributed by atoms with E-state index >= 15 is 0 Å². The molecule has 3 aromatic rings. The molecule has 3 N–H and O–H groups in total. The summed E-state index contributed by atoms with van der Waals surface area (Å²) in [5, 5.41) is 27.6. The number of nitrogens with zero attached hydrogens (tertiary/aromatic N) is 2. The number of nitrogens with one attached hydrogen (secondary N) is 1. The zero-order valence-corrected chi connectivity index (χ0v) is 19.9. The van der Waals surface area contributed by atoms with Gasteiger partial charge in [-0.15, -0.1) is 0 Å². The van der Waals surface area contributed by atoms with Crippen molar-refractivity contribution < 1.29 is 29.2 Å². The number of aliphatic hydroxyl groups excluding tert-OH is 1. The monoisotopic (exact) mass is 467 g/mol. The lowest BCUT2D eigenvalue weighted by atomic mass is 9.93. The molecule has 0 bridgehead atoms. The predicted octanol–water partition coefficient (Wildman–Crippen LogP) is 3.35. The molecule has 180 valence electrons. The average molecular weight is 468 g/mol. The molecular weight excluding hydrogens is 438 g/mol. The second-order valence-corrected chi connectivity index (χ2v) is 8.28. The van der Waals surface area contributed by atoms with Gasteiger partial charge in [-0.05, 0) is 55.2 Å². The largest absolute Gasteiger partial charge is 0.507 e. The highest BCUT2D eigenvalue weighted by Gasteiger charge is 2.43. The van der Waals surface area contributed by atoms with Gasteiger partial charge in [-0.3, -0.25) is 9.89 Å². The fourth-order valence-corrected chi connectivity index (χ4v) is 4.62. The molecule has 0 aliphatic carbocycles. The fraction of sp³-hybridized carbons (Fsp3) is 0.360. The standard InChI is InChI=1S/C25H29N3O6/c1-13-9-14(2)23(30)16(10-13)20-19-21(27-26-20)25(31)28(7-6-8-29)22(19)15-11-17(32-3)24(34-5)18(12-15)33-4/h9-12,22,29-30H,6-8H2,1-5H3,(H,26,27)/t22-/m1/s1. The van der Waals surface area contributed by atoms with E-state index in [2.05, 4.69) is 10.2 Å². The number of carbonyl (C=O) groups is 1. The second kappa shape index (κ2) is 9.26. The summed E-state index contributed by atoms with van der Waals surface area (Å²) in [7, 11) is 4.60. The maximum atomic E-state index is 13.4. The summed E-state index contributed by atoms with van der Waals surface area (Å²) in [5.41, 5.74) is 4.46. The lowest BCUT2D eigenvalue weighted by Gasteiger charge is -2.27. The molecule has 0 saturated heterocycles. The van der Waals surface area contributed by atoms with Crippen LogP contribution in [0.25, 0.3) is 11.3 Å². The van der Waals surface area contributed by atoms with Crippen molar-refractivity contribution in [2.45, 2.75) is 26.3 Å². The third-order valence-corrected chi connectivity index (χ3v) is 6.12. The number of phenols is 1. The summed E-state index contributed by atoms with van der Waals surface area (Å²) in [4.78, 5) is 15.1. The number of aromatic amines is 1. The van der Waals surface area contributed by atoms with Crippen LogP contribution in [-0.2, 0) is 0 Å². The van der Waals surface area contributed by atoms with Crippen LogP contribution in [0.3, 0.4) is 0 Å². The Bertz CT molecular complexity index is 1210. The number of H-pyrrole nitrogens is 1. The summed E-state index contributed by atoms with van der Waals surface area (Å²) in [5.74, 6) is 1.24. The Morgan fingerprint density at radius 2 is 1.74 bits per heavy atom. The molecule has 1 aliphatic heterocycles. The van der Waals surface area contributed by atoms with Crippen LogP contribution >= 0.6 is 0 Å². The minimum atomic E-state index is -0.545. The van der Waals surface area contributed by atoms with Crippen molar-refractivity contribution in [1.82, 2.24) is 15.1 Å². The van der Waals surface area contributed by atoms with Gasteiger partial charge < -0.3 is 29.3 Å². The number of carbonyl (C=O) groups excluding carboxylic acids is 1. The number of ether oxygens (including phenoxy) is 3. The van der Waals surface area contributed by atoms with Crippen LogP contribution in [0.2, 0.25) is 0 Å². The van der Waals surface area contributed by atoms with Gasteiger partial charge in [-0.2, -0.15) is 5.10 Å². The summed E-state index contributed by atoms with van der Waals surface area (Å²) in [6.45, 7) is 4.05. The Labute approximate surface area is 197 Å². The van der Waals surface area contributed by atoms with E-state index in [4.69, 9.17) is 14.2 Å². The molecule has 2 aromatic carbocycles. The normalized spacial score (nSPS) is 14.9. The highest BCUT2D eigenvalue weighted by atomic mass is 16.5. The minimum Gasteiger partial charge on any atom is -0.507 e. The van der Waals surface area contributed by atoms with Crippen molar-refractivity contribution in [3.63, 3.8) is 0 Å². The van der Waals surface area contributed by atoms with Crippen LogP contribution in [0.5, 0.6) is 23.0 Å². The van der Waals surface area contributed by atoms with Gasteiger partial charge in [0.1, 0.15) is 17.1 Å². The van der Waals surface area contributed by atoms with Crippen molar-refractivity contribution in [2.24, 2.45) is 0 Å². The van der Waals surface area contributed by atoms with Gasteiger partial charge in [0.15, 0.2) is 11.5 Å². The Morgan fingerprint density at radius 3 is 2.32 bits per heavy atom. The smallest absolute Gasteiger partial charge is 0.273 e. The Kier molecular flexibility index (Phi) is 6.39. The first kappa shape index (κ1) is 23.4. The van der Waals surface area contributed by atoms with E-state index in [1.807, 2.05) is 26.0 Å². The van der Waals surface area contributed by atoms with Gasteiger partial charge in [-0.1, -0.05) is 6.07 Å². The molecule has 2 heterocycles. The molecule has 1 amide bonds. The van der Waals surface area contributed by atoms with Crippen molar-refractivity contribution in [3.8, 4) is 34.3 Å². The van der Waals surface area contributed by atoms with Gasteiger partial charge in [0.25, 0.3) is 5.91 Å². The molecule has 0 unspecified atom stereocenters. The molecule has 9 nitrogen and oxygen atoms in total. The molecule has 0 fully saturated rings. The number of hydrogen-bond donors (Lipinski definition) is 3. The number of benzene rings is 2. The van der Waals surface area contributed by atoms with Crippen LogP contribution in [0.15, 0.2) is 24.3 Å². The summed E-state index contributed by atoms with van der Waals surface area (Å²) in [6.07, 6.45) is 0.411. The fourth-order valence-electron chi connectivity index (χ4n) is 4.62. The highest BCUT2D eigenvalue weighted by Crippen LogP contribution is 2.48. The third kappa shape index (κ3) is 3.71. The summed E-state index contributed by atoms with van der Waals surface area (Å²) < 4.78 is 16.6. The first-order chi connectivity index (χ1) is 16.4. The molecule has 0 radical (unpaired) electrons. The van der Waals surface area contributed by atoms with E-state index in [-0.39, 0.29) is 18.3 Å². The molecule has 1 atom stereocenters. The number of aromatic hydroxyl groups is 1. The number of aliphatic hydroxyl groups is 1. The number of fused-ring (bicyclic) bond motifs is 1. The Hall–Kier alpha value is -3.72. The summed E-state index contributed by atoms with van der Waals surface area (Å²) >= 11 is 0. The molecule has 0 spiro atoms. The number of aromatic nitrogens is 2. The Balaban J connectivity index is 1.97. The van der Waals surface area contributed by atoms with E-state index in [1.165, 1.54) is 21.3 Å². The lowest BCUT2D eigenvalue weighted by molar-refractivity contribution is 0.0731. The quantitative estimate of drug-likeness (QED) is 0.465. The van der Waals surface area contributed by atoms with E-state index in [9.17, 15) is 15.0 Å². The lowest BCUT2D eigenvalue weighted by Crippen LogP contribution is -2.31. The van der Waals surface area contributed by atoms with Crippen LogP contribution in [0, 0.1) is 13.8 Å². The molecule has 34 heavy (non-hydrogen) atoms. The SMILES string of the molecule is COc1cc([C@@H]2c3c(-c4cc(C)cc(C)c4O)n[nH]c3C(=O)N2CCCO)cc(OC)c1OC. The number of amides is 1. The maximum absolute atomic E-state index is 13.4. The Morgan fingerprint density at radius 1 is 1.06 bits per heavy atom. The average Bonchev–Trinajstić information content (AvgIpc) is 3.37. The molecule has 0 saturated carbocycles. The van der Waals surface area contributed by atoms with Crippen molar-refractivity contribution in [2.75, 3.05) is 34.5 Å². The topological polar surface area (TPSA) is 117 Å². The van der Waals surface area contributed by atoms with Gasteiger partial charge in [0.2, 0.25) is 5.75 Å². The van der Waals surface area contributed by atoms with Crippen molar-refractivity contribution >= 4 is 5.91 Å². The number of methoxy groups -OCH3 is 3. The predicted molar refractivity (Wildman–Crippen MR) is 126 cm³/mol. The zero-order valence-electron chi connectivity index (χ0n) is 19.9. The number of hydrogen-bond acceptors (Lipinski definition) is 7. The summed E-state index contributed by atoms with van der Waals surface area (Å²) in [6, 6.07) is 6.81. The molecule has 1 aliphatic rings. The third-order valence-electron chi connectivity index (χ3n) is 6.12. The van der Waals surface area contributed by atoms with Crippen LogP contribution in [0.1, 0.15) is 45.2 Å². The molecule has 4 rings (SSSR count). The number of rotatable bonds is 8. The van der Waals surface area contributed by atoms with E-state index in [1.54, 1.807) is 17.0 Å². The van der Waals surface area contributed by atoms with Crippen molar-refractivity contribution in [3.05, 3.63) is 52.2 Å². The zero-order chi connectivity index (χ0) is 24.6. The van der Waals surface area contributed by atoms with Gasteiger partial charge in [0.05, 0.1) is 27.4 Å². The van der Waals surface area contributed by atoms with E-state index in [0.29, 0.717) is 52.7 Å². The second-order valence-electron chi connectivity index (χ2n) is 8.28. The van der Waals surface area contributed by atoms with E-state index < -0.39 is 6.04 Å². The van der Waals surface area contributed by atoms with Crippen LogP contribution < -0.4 is 14.2 Å². The highest BCUT2D eigenvalue weighted by molar-refractivity contribution is 6.00. The number of aryl methyl sites for hydroxylation is 2. The molecular formula is C25H29N3O6. The number of phenolic OH excluding ortho intramolecular Hbond substituents is 1. The molecule has 9 heteroatoms. The maximum Gasteiger partial charge on any atom is 0.273 e. The first-order valence-electron chi connectivity index (χ1n) is 11.0. The van der Waals surface area contributed by atoms with Crippen LogP contribution in [0.4, 0.5) is 0 Å². The first-order valence-corrected chi connectivity index (χ1v) is 11.0. The molecule has 1 aromatic heterocycles. The minimum absolute atomic E-state index is 0.0529.